The largest absolute Gasteiger partial charge is 0.465 e. The maximum atomic E-state index is 13.5. The molecule has 9 nitrogen and oxygen atoms in total. The van der Waals surface area contributed by atoms with Crippen LogP contribution in [0.25, 0.3) is 0 Å². The highest BCUT2D eigenvalue weighted by atomic mass is 35.5. The van der Waals surface area contributed by atoms with Gasteiger partial charge >= 0.3 is 11.9 Å². The van der Waals surface area contributed by atoms with Crippen molar-refractivity contribution in [2.75, 3.05) is 30.4 Å². The summed E-state index contributed by atoms with van der Waals surface area (Å²) in [4.78, 5) is 37.2. The van der Waals surface area contributed by atoms with Gasteiger partial charge in [-0.1, -0.05) is 35.9 Å². The van der Waals surface area contributed by atoms with Crippen LogP contribution in [0.3, 0.4) is 0 Å². The van der Waals surface area contributed by atoms with Gasteiger partial charge in [-0.05, 0) is 55.0 Å². The van der Waals surface area contributed by atoms with E-state index in [1.54, 1.807) is 43.3 Å². The van der Waals surface area contributed by atoms with Crippen molar-refractivity contribution >= 4 is 50.8 Å². The van der Waals surface area contributed by atoms with E-state index in [1.807, 2.05) is 0 Å². The lowest BCUT2D eigenvalue weighted by atomic mass is 10.1. The average molecular weight is 531 g/mol. The maximum Gasteiger partial charge on any atom is 0.337 e. The van der Waals surface area contributed by atoms with Crippen molar-refractivity contribution in [1.82, 2.24) is 0 Å². The van der Waals surface area contributed by atoms with E-state index in [0.717, 1.165) is 4.31 Å². The molecule has 36 heavy (non-hydrogen) atoms. The Morgan fingerprint density at radius 3 is 2.03 bits per heavy atom. The van der Waals surface area contributed by atoms with Gasteiger partial charge in [0.15, 0.2) is 0 Å². The summed E-state index contributed by atoms with van der Waals surface area (Å²) in [6, 6.07) is 16.3. The number of sulfonamides is 1. The molecule has 3 rings (SSSR count). The fourth-order valence-corrected chi connectivity index (χ4v) is 5.06. The normalized spacial score (nSPS) is 10.9. The topological polar surface area (TPSA) is 119 Å². The number of amides is 1. The second-order valence-electron chi connectivity index (χ2n) is 7.54. The second kappa shape index (κ2) is 11.2. The smallest absolute Gasteiger partial charge is 0.337 e. The van der Waals surface area contributed by atoms with Crippen LogP contribution >= 0.6 is 11.6 Å². The molecule has 1 amide bonds. The molecule has 0 spiro atoms. The average Bonchev–Trinajstić information content (AvgIpc) is 2.88. The zero-order valence-electron chi connectivity index (χ0n) is 19.6. The Hall–Kier alpha value is -3.89. The van der Waals surface area contributed by atoms with E-state index in [4.69, 9.17) is 21.1 Å². The Labute approximate surface area is 213 Å². The molecule has 11 heteroatoms. The lowest BCUT2D eigenvalue weighted by Crippen LogP contribution is -2.38. The van der Waals surface area contributed by atoms with Crippen molar-refractivity contribution in [3.8, 4) is 0 Å². The van der Waals surface area contributed by atoms with Gasteiger partial charge in [0.05, 0.1) is 35.9 Å². The Morgan fingerprint density at radius 2 is 1.47 bits per heavy atom. The van der Waals surface area contributed by atoms with Gasteiger partial charge < -0.3 is 14.8 Å². The van der Waals surface area contributed by atoms with E-state index in [9.17, 15) is 22.8 Å². The summed E-state index contributed by atoms with van der Waals surface area (Å²) in [5.74, 6) is -2.20. The molecular formula is C25H23ClN2O7S. The van der Waals surface area contributed by atoms with E-state index < -0.39 is 34.4 Å². The number of nitrogens with zero attached hydrogens (tertiary/aromatic N) is 1. The van der Waals surface area contributed by atoms with Crippen molar-refractivity contribution in [1.29, 1.82) is 0 Å². The lowest BCUT2D eigenvalue weighted by Gasteiger charge is -2.26. The number of anilines is 2. The van der Waals surface area contributed by atoms with Crippen LogP contribution in [0.2, 0.25) is 5.02 Å². The van der Waals surface area contributed by atoms with Gasteiger partial charge in [-0.15, -0.1) is 0 Å². The Bertz CT molecular complexity index is 1370. The monoisotopic (exact) mass is 530 g/mol. The fourth-order valence-electron chi connectivity index (χ4n) is 3.39. The molecular weight excluding hydrogens is 508 g/mol. The van der Waals surface area contributed by atoms with Gasteiger partial charge in [0, 0.05) is 10.7 Å². The molecule has 1 N–H and O–H groups in total. The summed E-state index contributed by atoms with van der Waals surface area (Å²) < 4.78 is 37.4. The van der Waals surface area contributed by atoms with Crippen molar-refractivity contribution in [2.24, 2.45) is 0 Å². The molecule has 0 saturated carbocycles. The number of ether oxygens (including phenoxy) is 2. The number of hydrogen-bond acceptors (Lipinski definition) is 7. The molecule has 0 aliphatic heterocycles. The van der Waals surface area contributed by atoms with Gasteiger partial charge in [-0.2, -0.15) is 0 Å². The summed E-state index contributed by atoms with van der Waals surface area (Å²) in [5, 5.41) is 2.87. The Balaban J connectivity index is 2.01. The molecule has 0 radical (unpaired) electrons. The van der Waals surface area contributed by atoms with Crippen molar-refractivity contribution in [3.05, 3.63) is 88.4 Å². The fraction of sp³-hybridized carbons (Fsp3) is 0.160. The number of nitrogens with one attached hydrogen (secondary N) is 1. The van der Waals surface area contributed by atoms with Crippen LogP contribution in [-0.4, -0.2) is 47.0 Å². The summed E-state index contributed by atoms with van der Waals surface area (Å²) in [7, 11) is -1.82. The SMILES string of the molecule is COC(=O)c1cc(NC(=O)CN(c2cccc(Cl)c2C)S(=O)(=O)c2ccccc2)cc(C(=O)OC)c1. The van der Waals surface area contributed by atoms with E-state index >= 15 is 0 Å². The summed E-state index contributed by atoms with van der Waals surface area (Å²) >= 11 is 6.23. The maximum absolute atomic E-state index is 13.5. The number of benzene rings is 3. The van der Waals surface area contributed by atoms with E-state index in [2.05, 4.69) is 5.32 Å². The van der Waals surface area contributed by atoms with E-state index in [0.29, 0.717) is 10.6 Å². The third kappa shape index (κ3) is 5.84. The zero-order valence-corrected chi connectivity index (χ0v) is 21.2. The molecule has 0 saturated heterocycles. The number of methoxy groups -OCH3 is 2. The van der Waals surface area contributed by atoms with Crippen LogP contribution in [0.15, 0.2) is 71.6 Å². The minimum Gasteiger partial charge on any atom is -0.465 e. The molecule has 3 aromatic rings. The molecule has 3 aromatic carbocycles. The minimum atomic E-state index is -4.17. The van der Waals surface area contributed by atoms with Crippen LogP contribution in [0.1, 0.15) is 26.3 Å². The first-order valence-electron chi connectivity index (χ1n) is 10.5. The molecule has 0 heterocycles. The first-order valence-corrected chi connectivity index (χ1v) is 12.3. The van der Waals surface area contributed by atoms with Crippen LogP contribution in [-0.2, 0) is 24.3 Å². The molecule has 0 atom stereocenters. The van der Waals surface area contributed by atoms with E-state index in [1.165, 1.54) is 44.6 Å². The second-order valence-corrected chi connectivity index (χ2v) is 9.81. The first kappa shape index (κ1) is 26.7. The standard InChI is InChI=1S/C25H23ClN2O7S/c1-16-21(26)10-7-11-22(16)28(36(32,33)20-8-5-4-6-9-20)15-23(29)27-19-13-17(24(30)34-2)12-18(14-19)25(31)35-3/h4-14H,15H2,1-3H3,(H,27,29). The van der Waals surface area contributed by atoms with Crippen molar-refractivity contribution in [2.45, 2.75) is 11.8 Å². The molecule has 0 fully saturated rings. The van der Waals surface area contributed by atoms with Gasteiger partial charge in [0.25, 0.3) is 10.0 Å². The number of esters is 2. The summed E-state index contributed by atoms with van der Waals surface area (Å²) in [6.45, 7) is 1.03. The molecule has 0 aliphatic carbocycles. The molecule has 0 aliphatic rings. The molecule has 0 aromatic heterocycles. The highest BCUT2D eigenvalue weighted by Crippen LogP contribution is 2.31. The van der Waals surface area contributed by atoms with Crippen LogP contribution < -0.4 is 9.62 Å². The quantitative estimate of drug-likeness (QED) is 0.436. The van der Waals surface area contributed by atoms with Gasteiger partial charge in [0.2, 0.25) is 5.91 Å². The molecule has 188 valence electrons. The minimum absolute atomic E-state index is 0.00449. The van der Waals surface area contributed by atoms with E-state index in [-0.39, 0.29) is 27.4 Å². The highest BCUT2D eigenvalue weighted by molar-refractivity contribution is 7.92. The third-order valence-electron chi connectivity index (χ3n) is 5.19. The number of carbonyl (C=O) groups excluding carboxylic acids is 3. The zero-order chi connectivity index (χ0) is 26.5. The van der Waals surface area contributed by atoms with Gasteiger partial charge in [-0.25, -0.2) is 18.0 Å². The molecule has 0 unspecified atom stereocenters. The van der Waals surface area contributed by atoms with Crippen LogP contribution in [0.4, 0.5) is 11.4 Å². The van der Waals surface area contributed by atoms with Gasteiger partial charge in [-0.3, -0.25) is 9.10 Å². The summed E-state index contributed by atoms with van der Waals surface area (Å²) in [6.07, 6.45) is 0. The van der Waals surface area contributed by atoms with Crippen molar-refractivity contribution < 1.29 is 32.3 Å². The molecule has 0 bridgehead atoms. The number of hydrogen-bond donors (Lipinski definition) is 1. The lowest BCUT2D eigenvalue weighted by molar-refractivity contribution is -0.114. The number of carbonyl (C=O) groups is 3. The van der Waals surface area contributed by atoms with Crippen LogP contribution in [0.5, 0.6) is 0 Å². The van der Waals surface area contributed by atoms with Gasteiger partial charge in [0.1, 0.15) is 6.54 Å². The predicted octanol–water partition coefficient (Wildman–Crippen LogP) is 4.06. The number of rotatable bonds is 8. The third-order valence-corrected chi connectivity index (χ3v) is 7.37. The van der Waals surface area contributed by atoms with Crippen LogP contribution in [0, 0.1) is 6.92 Å². The Kier molecular flexibility index (Phi) is 8.33. The first-order chi connectivity index (χ1) is 17.1. The highest BCUT2D eigenvalue weighted by Gasteiger charge is 2.29. The Morgan fingerprint density at radius 1 is 0.889 bits per heavy atom. The predicted molar refractivity (Wildman–Crippen MR) is 135 cm³/mol. The summed E-state index contributed by atoms with van der Waals surface area (Å²) in [5.41, 5.74) is 0.751. The van der Waals surface area contributed by atoms with Crippen molar-refractivity contribution in [3.63, 3.8) is 0 Å². The number of halogens is 1.